The number of carbonyl (C=O) groups excluding carboxylic acids is 2. The van der Waals surface area contributed by atoms with E-state index in [1.54, 1.807) is 0 Å². The summed E-state index contributed by atoms with van der Waals surface area (Å²) in [5.41, 5.74) is 0. The number of imide groups is 1. The summed E-state index contributed by atoms with van der Waals surface area (Å²) in [7, 11) is 0. The van der Waals surface area contributed by atoms with Gasteiger partial charge in [-0.05, 0) is 31.8 Å². The van der Waals surface area contributed by atoms with E-state index < -0.39 is 0 Å². The number of nitrogens with one attached hydrogen (secondary N) is 2. The summed E-state index contributed by atoms with van der Waals surface area (Å²) >= 11 is 0. The molecule has 0 spiro atoms. The predicted molar refractivity (Wildman–Crippen MR) is 46.9 cm³/mol. The molecule has 4 nitrogen and oxygen atoms in total. The highest BCUT2D eigenvalue weighted by molar-refractivity contribution is 6.03. The molecule has 0 radical (unpaired) electrons. The molecule has 2 rings (SSSR count). The Bertz CT molecular complexity index is 234. The Morgan fingerprint density at radius 3 is 2.38 bits per heavy atom. The Balaban J connectivity index is 1.99. The number of piperidine rings is 1. The number of rotatable bonds is 1. The zero-order valence-corrected chi connectivity index (χ0v) is 7.51. The molecule has 0 aliphatic carbocycles. The first-order chi connectivity index (χ1) is 6.27. The van der Waals surface area contributed by atoms with Crippen LogP contribution in [0.5, 0.6) is 0 Å². The van der Waals surface area contributed by atoms with E-state index in [0.29, 0.717) is 12.3 Å². The first-order valence-electron chi connectivity index (χ1n) is 4.82. The molecule has 0 saturated carbocycles. The molecule has 0 bridgehead atoms. The molecule has 1 unspecified atom stereocenters. The van der Waals surface area contributed by atoms with Crippen molar-refractivity contribution in [1.29, 1.82) is 0 Å². The molecule has 2 amide bonds. The fourth-order valence-electron chi connectivity index (χ4n) is 2.20. The second kappa shape index (κ2) is 3.46. The first-order valence-corrected chi connectivity index (χ1v) is 4.82. The van der Waals surface area contributed by atoms with E-state index in [1.165, 1.54) is 0 Å². The third-order valence-corrected chi connectivity index (χ3v) is 2.96. The van der Waals surface area contributed by atoms with Gasteiger partial charge in [-0.1, -0.05) is 0 Å². The van der Waals surface area contributed by atoms with Crippen LogP contribution in [0.4, 0.5) is 0 Å². The number of hydrogen-bond donors (Lipinski definition) is 2. The highest BCUT2D eigenvalue weighted by atomic mass is 16.2. The summed E-state index contributed by atoms with van der Waals surface area (Å²) in [5.74, 6) is 0.202. The lowest BCUT2D eigenvalue weighted by molar-refractivity contribution is -0.126. The summed E-state index contributed by atoms with van der Waals surface area (Å²) in [4.78, 5) is 22.3. The van der Waals surface area contributed by atoms with E-state index in [1.807, 2.05) is 0 Å². The van der Waals surface area contributed by atoms with Gasteiger partial charge in [-0.15, -0.1) is 0 Å². The van der Waals surface area contributed by atoms with E-state index in [4.69, 9.17) is 0 Å². The summed E-state index contributed by atoms with van der Waals surface area (Å²) < 4.78 is 0. The van der Waals surface area contributed by atoms with Crippen LogP contribution in [0.1, 0.15) is 19.3 Å². The summed E-state index contributed by atoms with van der Waals surface area (Å²) in [6.07, 6.45) is 2.44. The molecule has 2 N–H and O–H groups in total. The van der Waals surface area contributed by atoms with E-state index in [0.717, 1.165) is 25.9 Å². The van der Waals surface area contributed by atoms with Crippen molar-refractivity contribution < 1.29 is 9.59 Å². The Morgan fingerprint density at radius 1 is 1.15 bits per heavy atom. The van der Waals surface area contributed by atoms with Crippen LogP contribution < -0.4 is 10.6 Å². The molecular weight excluding hydrogens is 168 g/mol. The highest BCUT2D eigenvalue weighted by Gasteiger charge is 2.36. The van der Waals surface area contributed by atoms with Gasteiger partial charge >= 0.3 is 0 Å². The van der Waals surface area contributed by atoms with Crippen molar-refractivity contribution in [3.8, 4) is 0 Å². The van der Waals surface area contributed by atoms with Crippen molar-refractivity contribution in [3.63, 3.8) is 0 Å². The molecule has 13 heavy (non-hydrogen) atoms. The molecule has 2 heterocycles. The fourth-order valence-corrected chi connectivity index (χ4v) is 2.20. The van der Waals surface area contributed by atoms with Gasteiger partial charge in [0.05, 0.1) is 5.92 Å². The van der Waals surface area contributed by atoms with E-state index in [-0.39, 0.29) is 17.7 Å². The van der Waals surface area contributed by atoms with Gasteiger partial charge in [0.2, 0.25) is 11.8 Å². The topological polar surface area (TPSA) is 58.2 Å². The van der Waals surface area contributed by atoms with Gasteiger partial charge in [0.25, 0.3) is 0 Å². The molecule has 2 aliphatic rings. The quantitative estimate of drug-likeness (QED) is 0.545. The van der Waals surface area contributed by atoms with Crippen LogP contribution in [0, 0.1) is 11.8 Å². The second-order valence-electron chi connectivity index (χ2n) is 3.81. The Kier molecular flexibility index (Phi) is 2.31. The van der Waals surface area contributed by atoms with Crippen molar-refractivity contribution in [2.45, 2.75) is 19.3 Å². The van der Waals surface area contributed by atoms with Crippen molar-refractivity contribution >= 4 is 11.8 Å². The predicted octanol–water partition coefficient (Wildman–Crippen LogP) is -0.351. The lowest BCUT2D eigenvalue weighted by Crippen LogP contribution is -2.34. The third-order valence-electron chi connectivity index (χ3n) is 2.96. The summed E-state index contributed by atoms with van der Waals surface area (Å²) in [5, 5.41) is 5.61. The average molecular weight is 182 g/mol. The van der Waals surface area contributed by atoms with Crippen LogP contribution in [-0.4, -0.2) is 24.9 Å². The van der Waals surface area contributed by atoms with Gasteiger partial charge in [-0.25, -0.2) is 0 Å². The Morgan fingerprint density at radius 2 is 1.85 bits per heavy atom. The van der Waals surface area contributed by atoms with Gasteiger partial charge < -0.3 is 5.32 Å². The zero-order valence-electron chi connectivity index (χ0n) is 7.51. The Labute approximate surface area is 77.1 Å². The minimum absolute atomic E-state index is 0.0467. The molecular formula is C9H14N2O2. The van der Waals surface area contributed by atoms with E-state index in [9.17, 15) is 9.59 Å². The monoisotopic (exact) mass is 182 g/mol. The van der Waals surface area contributed by atoms with Gasteiger partial charge in [0.15, 0.2) is 0 Å². The average Bonchev–Trinajstić information content (AvgIpc) is 2.47. The van der Waals surface area contributed by atoms with Crippen LogP contribution in [0.25, 0.3) is 0 Å². The normalized spacial score (nSPS) is 30.6. The lowest BCUT2D eigenvalue weighted by Gasteiger charge is -2.25. The van der Waals surface area contributed by atoms with Crippen LogP contribution in [0.15, 0.2) is 0 Å². The fraction of sp³-hybridized carbons (Fsp3) is 0.778. The Hall–Kier alpha value is -0.900. The number of amides is 2. The maximum atomic E-state index is 11.3. The molecule has 0 aromatic carbocycles. The molecule has 4 heteroatoms. The van der Waals surface area contributed by atoms with Gasteiger partial charge in [-0.2, -0.15) is 0 Å². The number of carbonyl (C=O) groups is 2. The minimum Gasteiger partial charge on any atom is -0.317 e. The molecule has 1 atom stereocenters. The van der Waals surface area contributed by atoms with Gasteiger partial charge in [-0.3, -0.25) is 14.9 Å². The maximum absolute atomic E-state index is 11.3. The SMILES string of the molecule is O=C1CC(C2CCNCC2)C(=O)N1. The lowest BCUT2D eigenvalue weighted by atomic mass is 9.84. The van der Waals surface area contributed by atoms with Crippen molar-refractivity contribution in [1.82, 2.24) is 10.6 Å². The van der Waals surface area contributed by atoms with Crippen LogP contribution in [0.2, 0.25) is 0 Å². The van der Waals surface area contributed by atoms with Gasteiger partial charge in [0.1, 0.15) is 0 Å². The summed E-state index contributed by atoms with van der Waals surface area (Å²) in [6, 6.07) is 0. The summed E-state index contributed by atoms with van der Waals surface area (Å²) in [6.45, 7) is 1.95. The van der Waals surface area contributed by atoms with Gasteiger partial charge in [0, 0.05) is 6.42 Å². The minimum atomic E-state index is -0.103. The molecule has 2 saturated heterocycles. The molecule has 2 fully saturated rings. The highest BCUT2D eigenvalue weighted by Crippen LogP contribution is 2.27. The van der Waals surface area contributed by atoms with Crippen LogP contribution in [0.3, 0.4) is 0 Å². The second-order valence-corrected chi connectivity index (χ2v) is 3.81. The van der Waals surface area contributed by atoms with Crippen molar-refractivity contribution in [3.05, 3.63) is 0 Å². The largest absolute Gasteiger partial charge is 0.317 e. The van der Waals surface area contributed by atoms with Crippen molar-refractivity contribution in [2.75, 3.05) is 13.1 Å². The zero-order chi connectivity index (χ0) is 9.26. The maximum Gasteiger partial charge on any atom is 0.230 e. The molecule has 2 aliphatic heterocycles. The number of hydrogen-bond acceptors (Lipinski definition) is 3. The van der Waals surface area contributed by atoms with Crippen LogP contribution >= 0.6 is 0 Å². The molecule has 0 aromatic rings. The molecule has 72 valence electrons. The third kappa shape index (κ3) is 1.72. The van der Waals surface area contributed by atoms with E-state index in [2.05, 4.69) is 10.6 Å². The smallest absolute Gasteiger partial charge is 0.230 e. The van der Waals surface area contributed by atoms with Crippen molar-refractivity contribution in [2.24, 2.45) is 11.8 Å². The standard InChI is InChI=1S/C9H14N2O2/c12-8-5-7(9(13)11-8)6-1-3-10-4-2-6/h6-7,10H,1-5H2,(H,11,12,13). The first kappa shape index (κ1) is 8.69. The van der Waals surface area contributed by atoms with E-state index >= 15 is 0 Å². The van der Waals surface area contributed by atoms with Crippen LogP contribution in [-0.2, 0) is 9.59 Å². The molecule has 0 aromatic heterocycles.